The van der Waals surface area contributed by atoms with Crippen LogP contribution in [-0.2, 0) is 19.2 Å². The first-order valence-electron chi connectivity index (χ1n) is 7.61. The first kappa shape index (κ1) is 24.5. The molecule has 0 aromatic carbocycles. The molecule has 0 fully saturated rings. The molecular formula is C17H31Cl2PTi. The van der Waals surface area contributed by atoms with Gasteiger partial charge in [-0.25, -0.2) is 0 Å². The topological polar surface area (TPSA) is 0 Å². The van der Waals surface area contributed by atoms with Gasteiger partial charge in [0, 0.05) is 0 Å². The zero-order valence-electron chi connectivity index (χ0n) is 14.8. The summed E-state index contributed by atoms with van der Waals surface area (Å²) in [5.74, 6) is 0. The molecule has 0 unspecified atom stereocenters. The Hall–Kier alpha value is 1.20. The van der Waals surface area contributed by atoms with Gasteiger partial charge in [-0.1, -0.05) is 0 Å². The van der Waals surface area contributed by atoms with Crippen LogP contribution in [0.1, 0.15) is 55.4 Å². The molecule has 1 rings (SSSR count). The standard InChI is InChI=1S/C9H13.C8H18P.2ClH.Ti/c1-6-5-7(2)9(4)8(6)3;1-6-9(7(2)3)8(4)5;;;/h5H,1-4H3;7-8H,1,6H2,2-5H3;2*1H;/q;;;;+2/p-2. The van der Waals surface area contributed by atoms with Crippen LogP contribution in [0.5, 0.6) is 0 Å². The maximum Gasteiger partial charge on any atom is -1.00 e. The molecule has 21 heavy (non-hydrogen) atoms. The predicted octanol–water partition coefficient (Wildman–Crippen LogP) is 0.269. The van der Waals surface area contributed by atoms with Crippen LogP contribution in [-0.4, -0.2) is 17.5 Å². The predicted molar refractivity (Wildman–Crippen MR) is 87.4 cm³/mol. The van der Waals surface area contributed by atoms with Gasteiger partial charge in [0.05, 0.1) is 0 Å². The Morgan fingerprint density at radius 1 is 0.857 bits per heavy atom. The average molecular weight is 385 g/mol. The summed E-state index contributed by atoms with van der Waals surface area (Å²) in [6.45, 7) is 19.1. The average Bonchev–Trinajstić information content (AvgIpc) is 2.50. The van der Waals surface area contributed by atoms with Crippen molar-refractivity contribution in [2.75, 3.05) is 6.16 Å². The summed E-state index contributed by atoms with van der Waals surface area (Å²) in [4.78, 5) is 0. The van der Waals surface area contributed by atoms with Crippen molar-refractivity contribution in [3.05, 3.63) is 22.3 Å². The molecule has 0 amide bonds. The van der Waals surface area contributed by atoms with E-state index in [0.29, 0.717) is 0 Å². The minimum atomic E-state index is 0. The normalized spacial score (nSPS) is 15.8. The van der Waals surface area contributed by atoms with Crippen molar-refractivity contribution in [3.8, 4) is 0 Å². The van der Waals surface area contributed by atoms with Crippen LogP contribution in [0.15, 0.2) is 22.3 Å². The summed E-state index contributed by atoms with van der Waals surface area (Å²) < 4.78 is 2.40. The molecule has 4 heteroatoms. The van der Waals surface area contributed by atoms with E-state index in [-0.39, 0.29) is 51.9 Å². The van der Waals surface area contributed by atoms with Crippen molar-refractivity contribution >= 4 is 7.92 Å². The third kappa shape index (κ3) is 6.31. The van der Waals surface area contributed by atoms with Crippen molar-refractivity contribution in [3.63, 3.8) is 0 Å². The molecule has 0 atom stereocenters. The van der Waals surface area contributed by atoms with Gasteiger partial charge >= 0.3 is 131 Å². The van der Waals surface area contributed by atoms with E-state index in [2.05, 4.69) is 55.4 Å². The van der Waals surface area contributed by atoms with E-state index in [1.807, 2.05) is 0 Å². The largest absolute Gasteiger partial charge is 1.00 e. The molecule has 0 heterocycles. The number of halogens is 2. The fourth-order valence-corrected chi connectivity index (χ4v) is 9.62. The van der Waals surface area contributed by atoms with Gasteiger partial charge in [0.15, 0.2) is 0 Å². The Balaban J connectivity index is 0. The summed E-state index contributed by atoms with van der Waals surface area (Å²) in [6.07, 6.45) is 1.51. The Kier molecular flexibility index (Phi) is 12.7. The van der Waals surface area contributed by atoms with Gasteiger partial charge in [-0.15, -0.1) is 0 Å². The van der Waals surface area contributed by atoms with Crippen LogP contribution in [0.2, 0.25) is 8.95 Å². The number of allylic oxidation sites excluding steroid dienone is 4. The van der Waals surface area contributed by atoms with Crippen molar-refractivity contribution in [2.24, 2.45) is 0 Å². The smallest absolute Gasteiger partial charge is 1.00 e. The SMILES string of the molecule is CC1=C(C)[CH]([Ti+2][CH2]CP(C(C)C)C(C)C)C(C)=C1C.[Cl-].[Cl-]. The number of rotatable bonds is 6. The van der Waals surface area contributed by atoms with Gasteiger partial charge in [-0.3, -0.25) is 0 Å². The van der Waals surface area contributed by atoms with Crippen LogP contribution in [0.25, 0.3) is 0 Å². The van der Waals surface area contributed by atoms with Crippen molar-refractivity contribution in [1.82, 2.24) is 0 Å². The van der Waals surface area contributed by atoms with Gasteiger partial charge in [-0.2, -0.15) is 0 Å². The number of hydrogen-bond donors (Lipinski definition) is 0. The Bertz CT molecular complexity index is 354. The minimum absolute atomic E-state index is 0. The minimum Gasteiger partial charge on any atom is -1.00 e. The Morgan fingerprint density at radius 2 is 1.24 bits per heavy atom. The quantitative estimate of drug-likeness (QED) is 0.455. The van der Waals surface area contributed by atoms with Crippen LogP contribution in [0, 0.1) is 0 Å². The molecule has 0 nitrogen and oxygen atoms in total. The van der Waals surface area contributed by atoms with E-state index in [1.165, 1.54) is 10.9 Å². The van der Waals surface area contributed by atoms with E-state index >= 15 is 0 Å². The van der Waals surface area contributed by atoms with Crippen LogP contribution in [0.3, 0.4) is 0 Å². The summed E-state index contributed by atoms with van der Waals surface area (Å²) in [5, 5.41) is 0. The van der Waals surface area contributed by atoms with E-state index < -0.39 is 0 Å². The molecule has 122 valence electrons. The van der Waals surface area contributed by atoms with Crippen LogP contribution < -0.4 is 24.8 Å². The fraction of sp³-hybridized carbons (Fsp3) is 0.765. The zero-order chi connectivity index (χ0) is 14.7. The molecule has 0 saturated heterocycles. The van der Waals surface area contributed by atoms with E-state index in [9.17, 15) is 0 Å². The van der Waals surface area contributed by atoms with Crippen molar-refractivity contribution in [1.29, 1.82) is 0 Å². The van der Waals surface area contributed by atoms with Gasteiger partial charge in [0.2, 0.25) is 0 Å². The van der Waals surface area contributed by atoms with E-state index in [1.54, 1.807) is 22.3 Å². The Labute approximate surface area is 155 Å². The molecule has 0 aromatic heterocycles. The first-order valence-corrected chi connectivity index (χ1v) is 11.3. The second-order valence-electron chi connectivity index (χ2n) is 6.43. The molecule has 0 radical (unpaired) electrons. The second kappa shape index (κ2) is 10.9. The monoisotopic (exact) mass is 384 g/mol. The molecule has 0 aliphatic heterocycles. The third-order valence-electron chi connectivity index (χ3n) is 4.66. The van der Waals surface area contributed by atoms with Crippen LogP contribution in [0.4, 0.5) is 0 Å². The maximum atomic E-state index is 2.42. The molecule has 0 saturated carbocycles. The molecule has 0 N–H and O–H groups in total. The van der Waals surface area contributed by atoms with Gasteiger partial charge in [0.1, 0.15) is 0 Å². The fourth-order valence-electron chi connectivity index (χ4n) is 3.11. The zero-order valence-corrected chi connectivity index (χ0v) is 18.8. The van der Waals surface area contributed by atoms with Crippen molar-refractivity contribution in [2.45, 2.75) is 75.7 Å². The molecule has 0 bridgehead atoms. The second-order valence-corrected chi connectivity index (χ2v) is 12.3. The molecule has 0 aromatic rings. The maximum absolute atomic E-state index is 2.42. The van der Waals surface area contributed by atoms with E-state index in [4.69, 9.17) is 0 Å². The third-order valence-corrected chi connectivity index (χ3v) is 11.5. The Morgan fingerprint density at radius 3 is 1.57 bits per heavy atom. The number of hydrogen-bond acceptors (Lipinski definition) is 0. The van der Waals surface area contributed by atoms with Gasteiger partial charge in [-0.05, 0) is 0 Å². The molecule has 1 aliphatic carbocycles. The van der Waals surface area contributed by atoms with Gasteiger partial charge in [0.25, 0.3) is 0 Å². The molecule has 0 spiro atoms. The van der Waals surface area contributed by atoms with Gasteiger partial charge < -0.3 is 24.8 Å². The summed E-state index contributed by atoms with van der Waals surface area (Å²) in [7, 11) is 0.250. The molecule has 1 aliphatic rings. The van der Waals surface area contributed by atoms with Crippen molar-refractivity contribution < 1.29 is 44.0 Å². The summed E-state index contributed by atoms with van der Waals surface area (Å²) in [6, 6.07) is 0. The summed E-state index contributed by atoms with van der Waals surface area (Å²) >= 11 is 0.157. The van der Waals surface area contributed by atoms with Crippen LogP contribution >= 0.6 is 7.92 Å². The molecular weight excluding hydrogens is 354 g/mol. The summed E-state index contributed by atoms with van der Waals surface area (Å²) in [5.41, 5.74) is 8.35. The van der Waals surface area contributed by atoms with E-state index in [0.717, 1.165) is 15.5 Å². The first-order chi connectivity index (χ1) is 8.77.